The molecule has 1 aromatic carbocycles. The average Bonchev–Trinajstić information content (AvgIpc) is 2.79. The average molecular weight is 328 g/mol. The summed E-state index contributed by atoms with van der Waals surface area (Å²) in [6, 6.07) is 6.77. The van der Waals surface area contributed by atoms with E-state index in [0.717, 1.165) is 0 Å². The molecule has 0 aliphatic heterocycles. The summed E-state index contributed by atoms with van der Waals surface area (Å²) in [5, 5.41) is 12.1. The van der Waals surface area contributed by atoms with E-state index in [-0.39, 0.29) is 5.82 Å². The minimum absolute atomic E-state index is 0.305. The lowest BCUT2D eigenvalue weighted by molar-refractivity contribution is 0.118. The molecule has 0 saturated carbocycles. The SMILES string of the molecule is Cc1ccsc1CN(Cc1c(F)cccc1Cl)CC(C)O. The van der Waals surface area contributed by atoms with Crippen molar-refractivity contribution >= 4 is 22.9 Å². The molecule has 0 saturated heterocycles. The maximum Gasteiger partial charge on any atom is 0.129 e. The molecule has 114 valence electrons. The Morgan fingerprint density at radius 2 is 2.10 bits per heavy atom. The number of hydrogen-bond donors (Lipinski definition) is 1. The third kappa shape index (κ3) is 4.51. The van der Waals surface area contributed by atoms with E-state index >= 15 is 0 Å². The van der Waals surface area contributed by atoms with Gasteiger partial charge in [0.15, 0.2) is 0 Å². The largest absolute Gasteiger partial charge is 0.392 e. The third-order valence-corrected chi connectivity index (χ3v) is 4.66. The van der Waals surface area contributed by atoms with Crippen molar-refractivity contribution in [3.05, 3.63) is 56.5 Å². The summed E-state index contributed by atoms with van der Waals surface area (Å²) in [5.74, 6) is -0.305. The van der Waals surface area contributed by atoms with E-state index in [2.05, 4.69) is 13.0 Å². The van der Waals surface area contributed by atoms with Gasteiger partial charge in [-0.3, -0.25) is 4.90 Å². The summed E-state index contributed by atoms with van der Waals surface area (Å²) in [6.07, 6.45) is -0.476. The predicted octanol–water partition coefficient (Wildman–Crippen LogP) is 4.23. The van der Waals surface area contributed by atoms with Crippen LogP contribution in [0.4, 0.5) is 4.39 Å². The molecular weight excluding hydrogens is 309 g/mol. The molecule has 0 spiro atoms. The molecule has 1 atom stereocenters. The normalized spacial score (nSPS) is 12.9. The van der Waals surface area contributed by atoms with Crippen LogP contribution >= 0.6 is 22.9 Å². The van der Waals surface area contributed by atoms with Crippen molar-refractivity contribution in [3.8, 4) is 0 Å². The maximum atomic E-state index is 13.9. The first-order chi connectivity index (χ1) is 9.97. The lowest BCUT2D eigenvalue weighted by Crippen LogP contribution is -2.30. The lowest BCUT2D eigenvalue weighted by Gasteiger charge is -2.24. The second-order valence-electron chi connectivity index (χ2n) is 5.25. The molecule has 1 aromatic heterocycles. The molecular formula is C16H19ClFNOS. The number of halogens is 2. The number of aliphatic hydroxyl groups excluding tert-OH is 1. The van der Waals surface area contributed by atoms with Crippen LogP contribution in [-0.2, 0) is 13.1 Å². The fraction of sp³-hybridized carbons (Fsp3) is 0.375. The fourth-order valence-electron chi connectivity index (χ4n) is 2.23. The first kappa shape index (κ1) is 16.4. The van der Waals surface area contributed by atoms with Gasteiger partial charge >= 0.3 is 0 Å². The Morgan fingerprint density at radius 1 is 1.33 bits per heavy atom. The molecule has 0 aliphatic rings. The Labute approximate surface area is 133 Å². The zero-order valence-corrected chi connectivity index (χ0v) is 13.7. The molecule has 2 rings (SSSR count). The quantitative estimate of drug-likeness (QED) is 0.858. The van der Waals surface area contributed by atoms with Crippen molar-refractivity contribution < 1.29 is 9.50 Å². The predicted molar refractivity (Wildman–Crippen MR) is 86.3 cm³/mol. The van der Waals surface area contributed by atoms with Crippen molar-refractivity contribution in [2.24, 2.45) is 0 Å². The van der Waals surface area contributed by atoms with Gasteiger partial charge in [0.1, 0.15) is 5.82 Å². The Balaban J connectivity index is 2.18. The molecule has 2 nitrogen and oxygen atoms in total. The van der Waals surface area contributed by atoms with Crippen LogP contribution in [0.15, 0.2) is 29.6 Å². The number of rotatable bonds is 6. The van der Waals surface area contributed by atoms with Crippen LogP contribution in [-0.4, -0.2) is 22.7 Å². The van der Waals surface area contributed by atoms with Crippen LogP contribution < -0.4 is 0 Å². The van der Waals surface area contributed by atoms with Crippen molar-refractivity contribution in [3.63, 3.8) is 0 Å². The molecule has 0 bridgehead atoms. The molecule has 1 unspecified atom stereocenters. The summed E-state index contributed by atoms with van der Waals surface area (Å²) in [4.78, 5) is 3.25. The Kier molecular flexibility index (Phi) is 5.76. The lowest BCUT2D eigenvalue weighted by atomic mass is 10.1. The molecule has 0 aliphatic carbocycles. The second kappa shape index (κ2) is 7.36. The van der Waals surface area contributed by atoms with Crippen LogP contribution in [0.5, 0.6) is 0 Å². The molecule has 1 heterocycles. The molecule has 0 amide bonds. The molecule has 2 aromatic rings. The number of thiophene rings is 1. The van der Waals surface area contributed by atoms with E-state index in [0.29, 0.717) is 30.2 Å². The van der Waals surface area contributed by atoms with Gasteiger partial charge in [0.25, 0.3) is 0 Å². The highest BCUT2D eigenvalue weighted by molar-refractivity contribution is 7.10. The summed E-state index contributed by atoms with van der Waals surface area (Å²) in [6.45, 7) is 5.33. The van der Waals surface area contributed by atoms with E-state index < -0.39 is 6.10 Å². The molecule has 0 radical (unpaired) electrons. The Bertz CT molecular complexity index is 579. The highest BCUT2D eigenvalue weighted by Crippen LogP contribution is 2.24. The fourth-order valence-corrected chi connectivity index (χ4v) is 3.41. The minimum Gasteiger partial charge on any atom is -0.392 e. The summed E-state index contributed by atoms with van der Waals surface area (Å²) >= 11 is 7.77. The topological polar surface area (TPSA) is 23.5 Å². The third-order valence-electron chi connectivity index (χ3n) is 3.30. The number of nitrogens with zero attached hydrogens (tertiary/aromatic N) is 1. The second-order valence-corrected chi connectivity index (χ2v) is 6.65. The van der Waals surface area contributed by atoms with E-state index in [9.17, 15) is 9.50 Å². The van der Waals surface area contributed by atoms with E-state index in [1.807, 2.05) is 10.3 Å². The molecule has 1 N–H and O–H groups in total. The van der Waals surface area contributed by atoms with E-state index in [1.165, 1.54) is 16.5 Å². The Morgan fingerprint density at radius 3 is 2.67 bits per heavy atom. The van der Waals surface area contributed by atoms with E-state index in [1.54, 1.807) is 30.4 Å². The first-order valence-corrected chi connectivity index (χ1v) is 8.09. The van der Waals surface area contributed by atoms with Gasteiger partial charge in [-0.15, -0.1) is 11.3 Å². The summed E-state index contributed by atoms with van der Waals surface area (Å²) < 4.78 is 13.9. The molecule has 0 fully saturated rings. The highest BCUT2D eigenvalue weighted by Gasteiger charge is 2.16. The number of aryl methyl sites for hydroxylation is 1. The number of hydrogen-bond acceptors (Lipinski definition) is 3. The van der Waals surface area contributed by atoms with Gasteiger partial charge in [-0.25, -0.2) is 4.39 Å². The van der Waals surface area contributed by atoms with Gasteiger partial charge in [0, 0.05) is 35.1 Å². The standard InChI is InChI=1S/C16H19ClFNOS/c1-11-6-7-21-16(11)10-19(8-12(2)20)9-13-14(17)4-3-5-15(13)18/h3-7,12,20H,8-10H2,1-2H3. The smallest absolute Gasteiger partial charge is 0.129 e. The van der Waals surface area contributed by atoms with Crippen molar-refractivity contribution in [2.75, 3.05) is 6.54 Å². The van der Waals surface area contributed by atoms with Crippen molar-refractivity contribution in [2.45, 2.75) is 33.0 Å². The van der Waals surface area contributed by atoms with Gasteiger partial charge in [-0.05, 0) is 43.0 Å². The minimum atomic E-state index is -0.476. The van der Waals surface area contributed by atoms with Crippen molar-refractivity contribution in [1.82, 2.24) is 4.90 Å². The van der Waals surface area contributed by atoms with Crippen LogP contribution in [0.1, 0.15) is 22.9 Å². The van der Waals surface area contributed by atoms with Gasteiger partial charge in [-0.1, -0.05) is 17.7 Å². The zero-order chi connectivity index (χ0) is 15.4. The zero-order valence-electron chi connectivity index (χ0n) is 12.1. The number of aliphatic hydroxyl groups is 1. The van der Waals surface area contributed by atoms with Crippen molar-refractivity contribution in [1.29, 1.82) is 0 Å². The van der Waals surface area contributed by atoms with Gasteiger partial charge in [0.2, 0.25) is 0 Å². The summed E-state index contributed by atoms with van der Waals surface area (Å²) in [7, 11) is 0. The van der Waals surface area contributed by atoms with E-state index in [4.69, 9.17) is 11.6 Å². The highest BCUT2D eigenvalue weighted by atomic mass is 35.5. The van der Waals surface area contributed by atoms with Gasteiger partial charge in [0.05, 0.1) is 6.10 Å². The Hall–Kier alpha value is -0.940. The van der Waals surface area contributed by atoms with Gasteiger partial charge in [-0.2, -0.15) is 0 Å². The van der Waals surface area contributed by atoms with Crippen LogP contribution in [0.25, 0.3) is 0 Å². The monoisotopic (exact) mass is 327 g/mol. The van der Waals surface area contributed by atoms with Crippen LogP contribution in [0.3, 0.4) is 0 Å². The molecule has 21 heavy (non-hydrogen) atoms. The molecule has 5 heteroatoms. The van der Waals surface area contributed by atoms with Crippen LogP contribution in [0, 0.1) is 12.7 Å². The first-order valence-electron chi connectivity index (χ1n) is 6.83. The van der Waals surface area contributed by atoms with Gasteiger partial charge < -0.3 is 5.11 Å². The summed E-state index contributed by atoms with van der Waals surface area (Å²) in [5.41, 5.74) is 1.70. The maximum absolute atomic E-state index is 13.9. The van der Waals surface area contributed by atoms with Crippen LogP contribution in [0.2, 0.25) is 5.02 Å². The number of benzene rings is 1.